The number of thiol groups is 1. The molecule has 0 amide bonds. The zero-order chi connectivity index (χ0) is 13.9. The van der Waals surface area contributed by atoms with Crippen LogP contribution in [0, 0.1) is 0 Å². The Balaban J connectivity index is 0.00000161. The van der Waals surface area contributed by atoms with Crippen LogP contribution in [0.15, 0.2) is 60.7 Å². The Morgan fingerprint density at radius 1 is 0.857 bits per heavy atom. The average molecular weight is 350 g/mol. The van der Waals surface area contributed by atoms with Gasteiger partial charge in [-0.25, -0.2) is 13.4 Å². The number of aromatic nitrogens is 1. The molecule has 1 aromatic heterocycles. The van der Waals surface area contributed by atoms with Gasteiger partial charge in [0.1, 0.15) is 5.82 Å². The van der Waals surface area contributed by atoms with Crippen molar-refractivity contribution in [3.8, 4) is 11.1 Å². The summed E-state index contributed by atoms with van der Waals surface area (Å²) >= 11 is 0. The third-order valence-electron chi connectivity index (χ3n) is 3.01. The second kappa shape index (κ2) is 6.79. The van der Waals surface area contributed by atoms with E-state index in [2.05, 4.69) is 9.71 Å². The zero-order valence-corrected chi connectivity index (χ0v) is 15.1. The number of pyridine rings is 1. The van der Waals surface area contributed by atoms with Crippen molar-refractivity contribution in [2.24, 2.45) is 0 Å². The number of rotatable bonds is 3. The molecule has 0 aliphatic heterocycles. The van der Waals surface area contributed by atoms with Gasteiger partial charge in [-0.15, -0.1) is 0 Å². The quantitative estimate of drug-likeness (QED) is 0.564. The van der Waals surface area contributed by atoms with Crippen LogP contribution in [-0.4, -0.2) is 13.4 Å². The summed E-state index contributed by atoms with van der Waals surface area (Å²) in [4.78, 5) is 4.40. The summed E-state index contributed by atoms with van der Waals surface area (Å²) < 4.78 is 23.8. The average Bonchev–Trinajstić information content (AvgIpc) is 2.47. The first-order valence-electron chi connectivity index (χ1n) is 6.10. The van der Waals surface area contributed by atoms with Gasteiger partial charge in [0.25, 0.3) is 0 Å². The SMILES string of the molecule is O=[SH](=O)Nc1ccc2cccc(-c3ccccc3)c2n1.[Zn]. The van der Waals surface area contributed by atoms with E-state index >= 15 is 0 Å². The minimum absolute atomic E-state index is 0. The van der Waals surface area contributed by atoms with Crippen molar-refractivity contribution in [2.75, 3.05) is 4.72 Å². The number of nitrogens with one attached hydrogen (secondary N) is 1. The Kier molecular flexibility index (Phi) is 5.04. The van der Waals surface area contributed by atoms with Gasteiger partial charge in [-0.2, -0.15) is 0 Å². The molecule has 102 valence electrons. The molecule has 0 atom stereocenters. The van der Waals surface area contributed by atoms with E-state index in [9.17, 15) is 8.42 Å². The molecule has 0 saturated carbocycles. The fourth-order valence-electron chi connectivity index (χ4n) is 2.15. The molecule has 21 heavy (non-hydrogen) atoms. The normalized spacial score (nSPS) is 10.3. The molecule has 4 nitrogen and oxygen atoms in total. The van der Waals surface area contributed by atoms with Gasteiger partial charge in [-0.3, -0.25) is 4.72 Å². The van der Waals surface area contributed by atoms with E-state index in [1.165, 1.54) is 0 Å². The van der Waals surface area contributed by atoms with Gasteiger partial charge in [0.15, 0.2) is 0 Å². The van der Waals surface area contributed by atoms with Gasteiger partial charge in [-0.1, -0.05) is 48.5 Å². The van der Waals surface area contributed by atoms with Gasteiger partial charge in [0.05, 0.1) is 5.52 Å². The maximum absolute atomic E-state index is 10.7. The van der Waals surface area contributed by atoms with E-state index in [0.29, 0.717) is 5.82 Å². The summed E-state index contributed by atoms with van der Waals surface area (Å²) in [6, 6.07) is 19.3. The minimum Gasteiger partial charge on any atom is -0.270 e. The number of fused-ring (bicyclic) bond motifs is 1. The molecule has 0 unspecified atom stereocenters. The fraction of sp³-hybridized carbons (Fsp3) is 0. The maximum Gasteiger partial charge on any atom is 0.223 e. The molecule has 2 aromatic carbocycles. The van der Waals surface area contributed by atoms with Gasteiger partial charge in [0, 0.05) is 30.4 Å². The van der Waals surface area contributed by atoms with Crippen molar-refractivity contribution < 1.29 is 27.9 Å². The van der Waals surface area contributed by atoms with Crippen LogP contribution < -0.4 is 4.72 Å². The number of hydrogen-bond acceptors (Lipinski definition) is 3. The Morgan fingerprint density at radius 3 is 2.33 bits per heavy atom. The fourth-order valence-corrected chi connectivity index (χ4v) is 2.47. The van der Waals surface area contributed by atoms with Crippen LogP contribution in [-0.2, 0) is 30.4 Å². The molecular weight excluding hydrogens is 338 g/mol. The van der Waals surface area contributed by atoms with Crippen LogP contribution in [0.3, 0.4) is 0 Å². The topological polar surface area (TPSA) is 59.1 Å². The molecule has 1 heterocycles. The van der Waals surface area contributed by atoms with Crippen molar-refractivity contribution in [3.63, 3.8) is 0 Å². The second-order valence-corrected chi connectivity index (χ2v) is 5.05. The smallest absolute Gasteiger partial charge is 0.223 e. The van der Waals surface area contributed by atoms with E-state index in [1.54, 1.807) is 6.07 Å². The predicted octanol–water partition coefficient (Wildman–Crippen LogP) is 2.84. The third-order valence-corrected chi connectivity index (χ3v) is 3.42. The van der Waals surface area contributed by atoms with E-state index in [4.69, 9.17) is 0 Å². The van der Waals surface area contributed by atoms with Gasteiger partial charge >= 0.3 is 0 Å². The van der Waals surface area contributed by atoms with Crippen LogP contribution in [0.25, 0.3) is 22.0 Å². The summed E-state index contributed by atoms with van der Waals surface area (Å²) in [5.74, 6) is 0.331. The van der Waals surface area contributed by atoms with Crippen LogP contribution in [0.4, 0.5) is 5.82 Å². The molecule has 1 N–H and O–H groups in total. The molecule has 6 heteroatoms. The summed E-state index contributed by atoms with van der Waals surface area (Å²) in [5, 5.41) is 0.970. The third kappa shape index (κ3) is 3.46. The first-order valence-corrected chi connectivity index (χ1v) is 7.28. The first-order chi connectivity index (χ1) is 9.74. The van der Waals surface area contributed by atoms with Crippen LogP contribution in [0.1, 0.15) is 0 Å². The van der Waals surface area contributed by atoms with Crippen LogP contribution in [0.2, 0.25) is 0 Å². The monoisotopic (exact) mass is 348 g/mol. The summed E-state index contributed by atoms with van der Waals surface area (Å²) in [5.41, 5.74) is 2.81. The number of nitrogens with zero attached hydrogens (tertiary/aromatic N) is 1. The van der Waals surface area contributed by atoms with Gasteiger partial charge in [0.2, 0.25) is 10.9 Å². The molecule has 0 aliphatic carbocycles. The second-order valence-electron chi connectivity index (χ2n) is 4.31. The van der Waals surface area contributed by atoms with Crippen LogP contribution in [0.5, 0.6) is 0 Å². The molecule has 3 aromatic rings. The van der Waals surface area contributed by atoms with E-state index < -0.39 is 10.9 Å². The van der Waals surface area contributed by atoms with E-state index in [-0.39, 0.29) is 19.5 Å². The molecule has 0 bridgehead atoms. The Labute approximate surface area is 137 Å². The standard InChI is InChI=1S/C15H12N2O2S.Zn/c18-20(19)17-14-10-9-12-7-4-8-13(15(12)16-14)11-5-2-1-3-6-11;/h1-10,20H,(H,16,17,18,19);. The molecular formula is C15H12N2O2SZn. The predicted molar refractivity (Wildman–Crippen MR) is 81.1 cm³/mol. The zero-order valence-electron chi connectivity index (χ0n) is 11.2. The van der Waals surface area contributed by atoms with Gasteiger partial charge < -0.3 is 0 Å². The molecule has 0 saturated heterocycles. The number of benzene rings is 2. The molecule has 0 fully saturated rings. The molecule has 3 rings (SSSR count). The maximum atomic E-state index is 10.7. The minimum atomic E-state index is -2.71. The Hall–Kier alpha value is -1.78. The van der Waals surface area contributed by atoms with E-state index in [1.807, 2.05) is 54.6 Å². The van der Waals surface area contributed by atoms with Gasteiger partial charge in [-0.05, 0) is 17.7 Å². The summed E-state index contributed by atoms with van der Waals surface area (Å²) in [6.45, 7) is 0. The van der Waals surface area contributed by atoms with Crippen LogP contribution >= 0.6 is 0 Å². The van der Waals surface area contributed by atoms with Crippen molar-refractivity contribution in [3.05, 3.63) is 60.7 Å². The molecule has 0 aliphatic rings. The number of anilines is 1. The van der Waals surface area contributed by atoms with Crippen molar-refractivity contribution in [1.29, 1.82) is 0 Å². The Morgan fingerprint density at radius 2 is 1.62 bits per heavy atom. The van der Waals surface area contributed by atoms with Crippen molar-refractivity contribution in [1.82, 2.24) is 4.98 Å². The largest absolute Gasteiger partial charge is 0.270 e. The number of para-hydroxylation sites is 1. The first kappa shape index (κ1) is 15.6. The van der Waals surface area contributed by atoms with Crippen molar-refractivity contribution in [2.45, 2.75) is 0 Å². The summed E-state index contributed by atoms with van der Waals surface area (Å²) in [7, 11) is -2.71. The molecule has 0 radical (unpaired) electrons. The number of hydrogen-bond donors (Lipinski definition) is 2. The summed E-state index contributed by atoms with van der Waals surface area (Å²) in [6.07, 6.45) is 0. The Bertz CT molecular complexity index is 827. The van der Waals surface area contributed by atoms with Crippen molar-refractivity contribution >= 4 is 27.6 Å². The molecule has 0 spiro atoms. The van der Waals surface area contributed by atoms with E-state index in [0.717, 1.165) is 22.0 Å².